The quantitative estimate of drug-likeness (QED) is 0.650. The van der Waals surface area contributed by atoms with Crippen LogP contribution >= 0.6 is 0 Å². The van der Waals surface area contributed by atoms with Gasteiger partial charge in [-0.25, -0.2) is 4.52 Å². The van der Waals surface area contributed by atoms with Gasteiger partial charge >= 0.3 is 0 Å². The van der Waals surface area contributed by atoms with Gasteiger partial charge in [-0.3, -0.25) is 0 Å². The zero-order valence-electron chi connectivity index (χ0n) is 7.66. The van der Waals surface area contributed by atoms with Crippen molar-refractivity contribution in [2.24, 2.45) is 0 Å². The van der Waals surface area contributed by atoms with Crippen LogP contribution in [0.4, 0.5) is 0 Å². The molecule has 3 heterocycles. The minimum atomic E-state index is -0.0200. The summed E-state index contributed by atoms with van der Waals surface area (Å²) in [6.45, 7) is 0. The molecule has 74 valence electrons. The molecule has 0 saturated carbocycles. The Kier molecular flexibility index (Phi) is 1.53. The molecule has 5 heteroatoms. The van der Waals surface area contributed by atoms with Gasteiger partial charge in [0.15, 0.2) is 11.4 Å². The summed E-state index contributed by atoms with van der Waals surface area (Å²) in [5, 5.41) is 13.4. The fourth-order valence-electron chi connectivity index (χ4n) is 1.41. The van der Waals surface area contributed by atoms with E-state index in [9.17, 15) is 5.11 Å². The number of hydrogen-bond acceptors (Lipinski definition) is 4. The lowest BCUT2D eigenvalue weighted by Gasteiger charge is -1.90. The average molecular weight is 201 g/mol. The molecular weight excluding hydrogens is 194 g/mol. The van der Waals surface area contributed by atoms with Crippen molar-refractivity contribution in [1.82, 2.24) is 14.6 Å². The third-order valence-corrected chi connectivity index (χ3v) is 2.08. The fourth-order valence-corrected chi connectivity index (χ4v) is 1.41. The molecule has 3 rings (SSSR count). The van der Waals surface area contributed by atoms with Gasteiger partial charge in [-0.1, -0.05) is 0 Å². The summed E-state index contributed by atoms with van der Waals surface area (Å²) in [5.74, 6) is 0.661. The van der Waals surface area contributed by atoms with E-state index < -0.39 is 0 Å². The molecule has 0 unspecified atom stereocenters. The van der Waals surface area contributed by atoms with E-state index in [1.807, 2.05) is 6.07 Å². The Labute approximate surface area is 84.6 Å². The molecule has 0 aromatic carbocycles. The normalized spacial score (nSPS) is 10.9. The van der Waals surface area contributed by atoms with Crippen LogP contribution in [0.1, 0.15) is 0 Å². The zero-order chi connectivity index (χ0) is 10.3. The van der Waals surface area contributed by atoms with Crippen LogP contribution in [0.5, 0.6) is 5.88 Å². The van der Waals surface area contributed by atoms with E-state index in [0.29, 0.717) is 17.1 Å². The standard InChI is InChI=1S/C10H7N3O2/c14-10-3-4-13-9(11-10)6-7(12-13)8-2-1-5-15-8/h1-6H,(H,11,14). The smallest absolute Gasteiger partial charge is 0.214 e. The number of aromatic hydroxyl groups is 1. The van der Waals surface area contributed by atoms with Crippen LogP contribution in [0.25, 0.3) is 17.1 Å². The second-order valence-corrected chi connectivity index (χ2v) is 3.10. The first-order chi connectivity index (χ1) is 7.33. The second kappa shape index (κ2) is 2.84. The van der Waals surface area contributed by atoms with Crippen molar-refractivity contribution >= 4 is 5.65 Å². The third kappa shape index (κ3) is 1.25. The molecule has 3 aromatic heterocycles. The molecule has 0 bridgehead atoms. The number of furan rings is 1. The zero-order valence-corrected chi connectivity index (χ0v) is 7.66. The topological polar surface area (TPSA) is 63.6 Å². The highest BCUT2D eigenvalue weighted by molar-refractivity contribution is 5.59. The van der Waals surface area contributed by atoms with Crippen LogP contribution < -0.4 is 0 Å². The summed E-state index contributed by atoms with van der Waals surface area (Å²) < 4.78 is 6.79. The summed E-state index contributed by atoms with van der Waals surface area (Å²) in [5.41, 5.74) is 1.28. The Hall–Kier alpha value is -2.30. The van der Waals surface area contributed by atoms with Gasteiger partial charge in [-0.15, -0.1) is 0 Å². The van der Waals surface area contributed by atoms with Gasteiger partial charge < -0.3 is 9.52 Å². The second-order valence-electron chi connectivity index (χ2n) is 3.10. The van der Waals surface area contributed by atoms with Crippen LogP contribution in [-0.2, 0) is 0 Å². The summed E-state index contributed by atoms with van der Waals surface area (Å²) in [6, 6.07) is 6.84. The Bertz CT molecular complexity index is 598. The number of rotatable bonds is 1. The van der Waals surface area contributed by atoms with E-state index in [-0.39, 0.29) is 5.88 Å². The maximum atomic E-state index is 9.19. The molecule has 0 atom stereocenters. The molecule has 5 nitrogen and oxygen atoms in total. The van der Waals surface area contributed by atoms with Crippen molar-refractivity contribution in [2.45, 2.75) is 0 Å². The molecule has 1 N–H and O–H groups in total. The van der Waals surface area contributed by atoms with Gasteiger partial charge in [0.1, 0.15) is 5.69 Å². The molecule has 3 aromatic rings. The summed E-state index contributed by atoms with van der Waals surface area (Å²) >= 11 is 0. The SMILES string of the molecule is Oc1ccn2nc(-c3ccco3)cc2n1. The molecule has 0 fully saturated rings. The maximum absolute atomic E-state index is 9.19. The molecule has 0 aliphatic carbocycles. The first-order valence-electron chi connectivity index (χ1n) is 4.42. The molecule has 0 spiro atoms. The number of hydrogen-bond donors (Lipinski definition) is 1. The third-order valence-electron chi connectivity index (χ3n) is 2.08. The van der Waals surface area contributed by atoms with Gasteiger partial charge in [0, 0.05) is 18.3 Å². The van der Waals surface area contributed by atoms with Crippen molar-refractivity contribution in [3.63, 3.8) is 0 Å². The van der Waals surface area contributed by atoms with Crippen LogP contribution in [0.2, 0.25) is 0 Å². The van der Waals surface area contributed by atoms with Crippen molar-refractivity contribution in [3.05, 3.63) is 36.7 Å². The lowest BCUT2D eigenvalue weighted by atomic mass is 10.3. The van der Waals surface area contributed by atoms with Crippen LogP contribution in [-0.4, -0.2) is 19.7 Å². The number of aromatic nitrogens is 3. The highest BCUT2D eigenvalue weighted by atomic mass is 16.3. The largest absolute Gasteiger partial charge is 0.493 e. The predicted molar refractivity (Wildman–Crippen MR) is 52.4 cm³/mol. The molecule has 0 saturated heterocycles. The van der Waals surface area contributed by atoms with E-state index in [4.69, 9.17) is 4.42 Å². The van der Waals surface area contributed by atoms with Crippen LogP contribution in [0.15, 0.2) is 41.1 Å². The highest BCUT2D eigenvalue weighted by Crippen LogP contribution is 2.19. The number of nitrogens with zero attached hydrogens (tertiary/aromatic N) is 3. The Balaban J connectivity index is 2.22. The van der Waals surface area contributed by atoms with Gasteiger partial charge in [0.2, 0.25) is 5.88 Å². The Morgan fingerprint density at radius 3 is 3.07 bits per heavy atom. The molecule has 0 aliphatic rings. The summed E-state index contributed by atoms with van der Waals surface area (Å²) in [6.07, 6.45) is 3.23. The Morgan fingerprint density at radius 1 is 1.33 bits per heavy atom. The Morgan fingerprint density at radius 2 is 2.27 bits per heavy atom. The van der Waals surface area contributed by atoms with Gasteiger partial charge in [0.25, 0.3) is 0 Å². The monoisotopic (exact) mass is 201 g/mol. The molecule has 0 aliphatic heterocycles. The fraction of sp³-hybridized carbons (Fsp3) is 0. The van der Waals surface area contributed by atoms with Gasteiger partial charge in [0.05, 0.1) is 6.26 Å². The molecule has 15 heavy (non-hydrogen) atoms. The first-order valence-corrected chi connectivity index (χ1v) is 4.42. The van der Waals surface area contributed by atoms with Crippen molar-refractivity contribution < 1.29 is 9.52 Å². The van der Waals surface area contributed by atoms with Crippen LogP contribution in [0, 0.1) is 0 Å². The molecule has 0 amide bonds. The van der Waals surface area contributed by atoms with E-state index in [1.165, 1.54) is 6.07 Å². The summed E-state index contributed by atoms with van der Waals surface area (Å²) in [4.78, 5) is 3.92. The maximum Gasteiger partial charge on any atom is 0.214 e. The number of fused-ring (bicyclic) bond motifs is 1. The predicted octanol–water partition coefficient (Wildman–Crippen LogP) is 1.69. The van der Waals surface area contributed by atoms with Crippen molar-refractivity contribution in [2.75, 3.05) is 0 Å². The first kappa shape index (κ1) is 8.05. The highest BCUT2D eigenvalue weighted by Gasteiger charge is 2.07. The van der Waals surface area contributed by atoms with E-state index in [2.05, 4.69) is 10.1 Å². The van der Waals surface area contributed by atoms with Crippen LogP contribution in [0.3, 0.4) is 0 Å². The minimum Gasteiger partial charge on any atom is -0.493 e. The van der Waals surface area contributed by atoms with E-state index in [1.54, 1.807) is 29.1 Å². The summed E-state index contributed by atoms with van der Waals surface area (Å²) in [7, 11) is 0. The average Bonchev–Trinajstić information content (AvgIpc) is 2.84. The lowest BCUT2D eigenvalue weighted by molar-refractivity contribution is 0.453. The van der Waals surface area contributed by atoms with E-state index in [0.717, 1.165) is 0 Å². The lowest BCUT2D eigenvalue weighted by Crippen LogP contribution is -1.87. The van der Waals surface area contributed by atoms with Gasteiger partial charge in [-0.05, 0) is 12.1 Å². The van der Waals surface area contributed by atoms with Crippen molar-refractivity contribution in [3.8, 4) is 17.3 Å². The van der Waals surface area contributed by atoms with Crippen molar-refractivity contribution in [1.29, 1.82) is 0 Å². The van der Waals surface area contributed by atoms with E-state index >= 15 is 0 Å². The molecular formula is C10H7N3O2. The molecule has 0 radical (unpaired) electrons. The van der Waals surface area contributed by atoms with Gasteiger partial charge in [-0.2, -0.15) is 10.1 Å². The minimum absolute atomic E-state index is 0.0200.